The number of benzene rings is 2. The molecule has 0 aromatic heterocycles. The Morgan fingerprint density at radius 1 is 1.09 bits per heavy atom. The molecule has 33 heavy (non-hydrogen) atoms. The average molecular weight is 456 g/mol. The molecular formula is C25H28N4O4. The fourth-order valence-electron chi connectivity index (χ4n) is 4.04. The average Bonchev–Trinajstić information content (AvgIpc) is 3.12. The molecule has 2 fully saturated rings. The first kappa shape index (κ1) is 14.8. The number of ether oxygens (including phenoxy) is 1. The van der Waals surface area contributed by atoms with Gasteiger partial charge in [-0.25, -0.2) is 0 Å². The van der Waals surface area contributed by atoms with Gasteiger partial charge < -0.3 is 15.0 Å². The van der Waals surface area contributed by atoms with Gasteiger partial charge in [0.05, 0.1) is 17.3 Å². The highest BCUT2D eigenvalue weighted by molar-refractivity contribution is 6.06. The van der Waals surface area contributed by atoms with Crippen molar-refractivity contribution in [2.24, 2.45) is 0 Å². The Morgan fingerprint density at radius 3 is 2.70 bits per heavy atom. The number of nitrogens with one attached hydrogen (secondary N) is 2. The van der Waals surface area contributed by atoms with E-state index in [-0.39, 0.29) is 28.3 Å². The molecule has 8 nitrogen and oxygen atoms in total. The van der Waals surface area contributed by atoms with Crippen LogP contribution < -0.4 is 10.6 Å². The van der Waals surface area contributed by atoms with Crippen molar-refractivity contribution >= 4 is 23.4 Å². The Hall–Kier alpha value is -3.23. The Morgan fingerprint density at radius 2 is 1.88 bits per heavy atom. The van der Waals surface area contributed by atoms with Gasteiger partial charge in [-0.05, 0) is 29.6 Å². The Labute approximate surface area is 202 Å². The van der Waals surface area contributed by atoms with Crippen molar-refractivity contribution in [3.8, 4) is 0 Å². The van der Waals surface area contributed by atoms with E-state index in [1.165, 1.54) is 18.2 Å². The molecule has 0 spiro atoms. The normalized spacial score (nSPS) is 31.1. The number of morpholine rings is 1. The molecule has 172 valence electrons. The van der Waals surface area contributed by atoms with Crippen LogP contribution in [0.5, 0.6) is 0 Å². The number of carbonyl (C=O) groups is 3. The van der Waals surface area contributed by atoms with Crippen LogP contribution in [-0.2, 0) is 33.9 Å². The predicted molar refractivity (Wildman–Crippen MR) is 122 cm³/mol. The summed E-state index contributed by atoms with van der Waals surface area (Å²) < 4.78 is 64.3. The first-order valence-electron chi connectivity index (χ1n) is 14.2. The van der Waals surface area contributed by atoms with E-state index in [4.69, 9.17) is 14.3 Å². The number of nitrogens with zero attached hydrogens (tertiary/aromatic N) is 2. The van der Waals surface area contributed by atoms with Gasteiger partial charge in [0, 0.05) is 61.3 Å². The van der Waals surface area contributed by atoms with Gasteiger partial charge in [-0.1, -0.05) is 30.3 Å². The zero-order valence-corrected chi connectivity index (χ0v) is 17.8. The van der Waals surface area contributed by atoms with E-state index >= 15 is 0 Å². The minimum atomic E-state index is -3.59. The lowest BCUT2D eigenvalue weighted by atomic mass is 10.0. The molecular weight excluding hydrogens is 420 g/mol. The summed E-state index contributed by atoms with van der Waals surface area (Å²) in [4.78, 5) is 40.8. The van der Waals surface area contributed by atoms with E-state index in [0.717, 1.165) is 24.2 Å². The molecule has 8 heteroatoms. The van der Waals surface area contributed by atoms with Crippen molar-refractivity contribution in [2.75, 3.05) is 31.6 Å². The molecule has 2 aromatic carbocycles. The minimum Gasteiger partial charge on any atom is -0.381 e. The highest BCUT2D eigenvalue weighted by Gasteiger charge is 2.39. The van der Waals surface area contributed by atoms with Crippen LogP contribution in [0.2, 0.25) is 0 Å². The van der Waals surface area contributed by atoms with Crippen molar-refractivity contribution in [3.63, 3.8) is 0 Å². The number of anilines is 1. The molecule has 0 bridgehead atoms. The molecule has 1 atom stereocenters. The number of carbonyl (C=O) groups excluding carboxylic acids is 3. The number of fused-ring (bicyclic) bond motifs is 1. The third-order valence-corrected chi connectivity index (χ3v) is 5.77. The lowest BCUT2D eigenvalue weighted by Gasteiger charge is -2.29. The van der Waals surface area contributed by atoms with Crippen LogP contribution >= 0.6 is 0 Å². The third kappa shape index (κ3) is 4.49. The molecule has 0 radical (unpaired) electrons. The maximum absolute atomic E-state index is 13.5. The lowest BCUT2D eigenvalue weighted by molar-refractivity contribution is -0.136. The third-order valence-electron chi connectivity index (χ3n) is 5.77. The summed E-state index contributed by atoms with van der Waals surface area (Å²) in [5, 5.41) is 4.77. The van der Waals surface area contributed by atoms with E-state index in [1.807, 2.05) is 24.3 Å². The summed E-state index contributed by atoms with van der Waals surface area (Å²) in [5.74, 6) is -4.40. The van der Waals surface area contributed by atoms with Crippen molar-refractivity contribution in [2.45, 2.75) is 38.4 Å². The second-order valence-corrected chi connectivity index (χ2v) is 7.87. The number of amides is 3. The second kappa shape index (κ2) is 9.33. The Kier molecular flexibility index (Phi) is 4.19. The van der Waals surface area contributed by atoms with Gasteiger partial charge in [-0.3, -0.25) is 24.6 Å². The highest BCUT2D eigenvalue weighted by atomic mass is 16.5. The molecule has 2 saturated heterocycles. The number of imide groups is 1. The first-order chi connectivity index (χ1) is 18.7. The highest BCUT2D eigenvalue weighted by Crippen LogP contribution is 2.32. The molecule has 0 saturated carbocycles. The van der Waals surface area contributed by atoms with Crippen molar-refractivity contribution < 1.29 is 28.7 Å². The van der Waals surface area contributed by atoms with E-state index in [1.54, 1.807) is 5.32 Å². The molecule has 3 heterocycles. The van der Waals surface area contributed by atoms with Gasteiger partial charge in [0.25, 0.3) is 5.91 Å². The van der Waals surface area contributed by atoms with Crippen molar-refractivity contribution in [1.82, 2.24) is 15.1 Å². The van der Waals surface area contributed by atoms with Crippen LogP contribution in [0.4, 0.5) is 5.69 Å². The number of hydrogen-bond donors (Lipinski definition) is 2. The fourth-order valence-corrected chi connectivity index (χ4v) is 4.04. The van der Waals surface area contributed by atoms with E-state index < -0.39 is 43.0 Å². The molecule has 2 N–H and O–H groups in total. The molecule has 0 aliphatic carbocycles. The topological polar surface area (TPSA) is 91.0 Å². The monoisotopic (exact) mass is 455 g/mol. The molecule has 3 aliphatic heterocycles. The summed E-state index contributed by atoms with van der Waals surface area (Å²) in [7, 11) is 0. The van der Waals surface area contributed by atoms with Gasteiger partial charge in [0.2, 0.25) is 11.8 Å². The number of rotatable bonds is 6. The zero-order chi connectivity index (χ0) is 29.1. The summed E-state index contributed by atoms with van der Waals surface area (Å²) in [6.07, 6.45) is -6.99. The molecule has 3 aliphatic rings. The van der Waals surface area contributed by atoms with Gasteiger partial charge >= 0.3 is 0 Å². The number of piperidine rings is 1. The second-order valence-electron chi connectivity index (χ2n) is 7.87. The van der Waals surface area contributed by atoms with E-state index in [2.05, 4.69) is 10.2 Å². The van der Waals surface area contributed by atoms with E-state index in [0.29, 0.717) is 19.8 Å². The quantitative estimate of drug-likeness (QED) is 0.647. The van der Waals surface area contributed by atoms with Crippen molar-refractivity contribution in [3.05, 3.63) is 64.7 Å². The fraction of sp³-hybridized carbons (Fsp3) is 0.400. The smallest absolute Gasteiger partial charge is 0.255 e. The zero-order valence-electron chi connectivity index (χ0n) is 24.8. The van der Waals surface area contributed by atoms with Crippen LogP contribution in [0.15, 0.2) is 42.5 Å². The summed E-state index contributed by atoms with van der Waals surface area (Å²) in [6.45, 7) is 0.932. The maximum atomic E-state index is 13.5. The lowest BCUT2D eigenvalue weighted by Crippen LogP contribution is -2.52. The molecule has 1 unspecified atom stereocenters. The van der Waals surface area contributed by atoms with Gasteiger partial charge in [0.15, 0.2) is 0 Å². The maximum Gasteiger partial charge on any atom is 0.255 e. The van der Waals surface area contributed by atoms with Crippen LogP contribution in [0.25, 0.3) is 0 Å². The summed E-state index contributed by atoms with van der Waals surface area (Å²) >= 11 is 0. The van der Waals surface area contributed by atoms with Crippen molar-refractivity contribution in [1.29, 1.82) is 0 Å². The van der Waals surface area contributed by atoms with Gasteiger partial charge in [0.1, 0.15) is 6.02 Å². The minimum absolute atomic E-state index is 0.0990. The largest absolute Gasteiger partial charge is 0.381 e. The first-order valence-corrected chi connectivity index (χ1v) is 10.7. The van der Waals surface area contributed by atoms with E-state index in [9.17, 15) is 14.4 Å². The summed E-state index contributed by atoms with van der Waals surface area (Å²) in [6, 6.07) is 8.61. The van der Waals surface area contributed by atoms with Gasteiger partial charge in [-0.2, -0.15) is 0 Å². The van der Waals surface area contributed by atoms with Gasteiger partial charge in [-0.15, -0.1) is 0 Å². The Balaban J connectivity index is 1.48. The Bertz CT molecular complexity index is 1380. The SMILES string of the molecule is [2H]C1([2H])c2c(NCc3ccccc3CN3CCOCC3)cccc2C(=O)N1C1([2H])C(=O)NC(=O)C([2H])([2H])C1([2H])[2H]. The van der Waals surface area contributed by atoms with Crippen LogP contribution in [-0.4, -0.2) is 59.8 Å². The van der Waals surface area contributed by atoms with Crippen LogP contribution in [0.3, 0.4) is 0 Å². The van der Waals surface area contributed by atoms with Crippen LogP contribution in [0.1, 0.15) is 49.4 Å². The molecule has 2 aromatic rings. The molecule has 3 amide bonds. The summed E-state index contributed by atoms with van der Waals surface area (Å²) in [5.41, 5.74) is 1.76. The standard InChI is InChI=1S/C25H28N4O4/c30-23-9-8-22(24(31)27-23)29-16-20-19(25(29)32)6-3-7-21(20)26-14-17-4-1-2-5-18(17)15-28-10-12-33-13-11-28/h1-7,22,26H,8-16H2,(H,27,30,31)/i8D2,9D2,16D2,22D. The predicted octanol–water partition coefficient (Wildman–Crippen LogP) is 1.89. The molecule has 5 rings (SSSR count). The number of hydrogen-bond acceptors (Lipinski definition) is 6. The van der Waals surface area contributed by atoms with Crippen LogP contribution in [0, 0.1) is 0 Å².